The number of rotatable bonds is 7. The van der Waals surface area contributed by atoms with E-state index in [1.807, 2.05) is 0 Å². The molecule has 30 heavy (non-hydrogen) atoms. The molecule has 0 unspecified atom stereocenters. The fourth-order valence-corrected chi connectivity index (χ4v) is 2.92. The van der Waals surface area contributed by atoms with Crippen LogP contribution >= 0.6 is 0 Å². The summed E-state index contributed by atoms with van der Waals surface area (Å²) in [6.45, 7) is 4.36. The van der Waals surface area contributed by atoms with Gasteiger partial charge < -0.3 is 28.4 Å². The highest BCUT2D eigenvalue weighted by Gasteiger charge is 2.53. The minimum absolute atomic E-state index is 0.313. The summed E-state index contributed by atoms with van der Waals surface area (Å²) in [5.41, 5.74) is 0. The summed E-state index contributed by atoms with van der Waals surface area (Å²) in [5, 5.41) is 0. The Kier molecular flexibility index (Phi) is 8.16. The third-order valence-corrected chi connectivity index (χ3v) is 3.94. The van der Waals surface area contributed by atoms with Gasteiger partial charge in [0.2, 0.25) is 12.4 Å². The first kappa shape index (κ1) is 23.1. The smallest absolute Gasteiger partial charge is 0.303 e. The molecule has 1 aliphatic rings. The van der Waals surface area contributed by atoms with Gasteiger partial charge in [-0.05, 0) is 12.1 Å². The van der Waals surface area contributed by atoms with Gasteiger partial charge >= 0.3 is 23.9 Å². The van der Waals surface area contributed by atoms with Crippen molar-refractivity contribution in [3.8, 4) is 5.75 Å². The molecule has 0 aromatic heterocycles. The summed E-state index contributed by atoms with van der Waals surface area (Å²) in [4.78, 5) is 46.4. The van der Waals surface area contributed by atoms with Crippen LogP contribution in [0.25, 0.3) is 0 Å². The number of para-hydroxylation sites is 1. The molecule has 1 fully saturated rings. The van der Waals surface area contributed by atoms with Gasteiger partial charge in [-0.1, -0.05) is 18.2 Å². The number of benzene rings is 1. The SMILES string of the molecule is CC(=O)OC[C@@H]1O[C@@H](Oc2ccccc2)[C@@H](OC(C)=O)[C@@H](OC(C)=O)[C@@H]1OC(C)=O. The van der Waals surface area contributed by atoms with E-state index in [1.165, 1.54) is 6.92 Å². The van der Waals surface area contributed by atoms with Crippen molar-refractivity contribution < 1.29 is 47.6 Å². The third kappa shape index (κ3) is 6.73. The molecule has 10 heteroatoms. The fraction of sp³-hybridized carbons (Fsp3) is 0.500. The van der Waals surface area contributed by atoms with Gasteiger partial charge in [0.25, 0.3) is 0 Å². The average Bonchev–Trinajstić information content (AvgIpc) is 2.64. The highest BCUT2D eigenvalue weighted by Crippen LogP contribution is 2.30. The maximum atomic E-state index is 11.7. The summed E-state index contributed by atoms with van der Waals surface area (Å²) >= 11 is 0. The van der Waals surface area contributed by atoms with E-state index in [2.05, 4.69) is 0 Å². The number of hydrogen-bond acceptors (Lipinski definition) is 10. The molecule has 1 heterocycles. The number of esters is 4. The second-order valence-corrected chi connectivity index (χ2v) is 6.50. The maximum Gasteiger partial charge on any atom is 0.303 e. The van der Waals surface area contributed by atoms with Gasteiger partial charge in [-0.3, -0.25) is 19.2 Å². The molecule has 0 saturated carbocycles. The Morgan fingerprint density at radius 2 is 1.30 bits per heavy atom. The first-order valence-corrected chi connectivity index (χ1v) is 9.19. The van der Waals surface area contributed by atoms with Gasteiger partial charge in [-0.25, -0.2) is 0 Å². The standard InChI is InChI=1S/C20H24O10/c1-11(21)25-10-16-17(26-12(2)22)18(27-13(3)23)19(28-14(4)24)20(30-16)29-15-8-6-5-7-9-15/h5-9,16-20H,10H2,1-4H3/t16-,17+,18-,19-,20+/m0/s1. The van der Waals surface area contributed by atoms with Crippen molar-refractivity contribution in [2.45, 2.75) is 58.4 Å². The summed E-state index contributed by atoms with van der Waals surface area (Å²) in [7, 11) is 0. The summed E-state index contributed by atoms with van der Waals surface area (Å²) in [6.07, 6.45) is -6.04. The summed E-state index contributed by atoms with van der Waals surface area (Å²) in [6, 6.07) is 8.52. The molecule has 1 saturated heterocycles. The predicted octanol–water partition coefficient (Wildman–Crippen LogP) is 1.15. The Morgan fingerprint density at radius 1 is 0.767 bits per heavy atom. The first-order chi connectivity index (χ1) is 14.2. The zero-order valence-electron chi connectivity index (χ0n) is 17.1. The second-order valence-electron chi connectivity index (χ2n) is 6.50. The molecule has 5 atom stereocenters. The molecule has 0 bridgehead atoms. The molecule has 164 valence electrons. The van der Waals surface area contributed by atoms with E-state index in [0.29, 0.717) is 5.75 Å². The van der Waals surface area contributed by atoms with Crippen molar-refractivity contribution in [3.63, 3.8) is 0 Å². The van der Waals surface area contributed by atoms with E-state index in [-0.39, 0.29) is 6.61 Å². The van der Waals surface area contributed by atoms with Crippen molar-refractivity contribution in [2.75, 3.05) is 6.61 Å². The van der Waals surface area contributed by atoms with Gasteiger partial charge in [0.15, 0.2) is 12.2 Å². The molecule has 0 radical (unpaired) electrons. The lowest BCUT2D eigenvalue weighted by atomic mass is 9.98. The van der Waals surface area contributed by atoms with Crippen LogP contribution < -0.4 is 4.74 Å². The van der Waals surface area contributed by atoms with Gasteiger partial charge in [0.1, 0.15) is 18.5 Å². The minimum Gasteiger partial charge on any atom is -0.463 e. The van der Waals surface area contributed by atoms with Crippen molar-refractivity contribution in [3.05, 3.63) is 30.3 Å². The van der Waals surface area contributed by atoms with Crippen LogP contribution in [0.1, 0.15) is 27.7 Å². The molecule has 1 aliphatic heterocycles. The fourth-order valence-electron chi connectivity index (χ4n) is 2.92. The van der Waals surface area contributed by atoms with Crippen molar-refractivity contribution in [1.29, 1.82) is 0 Å². The summed E-state index contributed by atoms with van der Waals surface area (Å²) < 4.78 is 32.6. The molecule has 1 aromatic carbocycles. The van der Waals surface area contributed by atoms with Gasteiger partial charge in [-0.15, -0.1) is 0 Å². The van der Waals surface area contributed by atoms with Crippen molar-refractivity contribution >= 4 is 23.9 Å². The average molecular weight is 424 g/mol. The molecule has 10 nitrogen and oxygen atoms in total. The second kappa shape index (κ2) is 10.6. The Morgan fingerprint density at radius 3 is 1.83 bits per heavy atom. The predicted molar refractivity (Wildman–Crippen MR) is 99.0 cm³/mol. The Hall–Kier alpha value is -3.14. The van der Waals surface area contributed by atoms with Crippen LogP contribution in [0.5, 0.6) is 5.75 Å². The molecule has 0 spiro atoms. The molecule has 0 amide bonds. The number of carbonyl (C=O) groups excluding carboxylic acids is 4. The highest BCUT2D eigenvalue weighted by molar-refractivity contribution is 5.68. The van der Waals surface area contributed by atoms with Gasteiger partial charge in [0.05, 0.1) is 0 Å². The van der Waals surface area contributed by atoms with Crippen molar-refractivity contribution in [2.24, 2.45) is 0 Å². The normalized spacial score (nSPS) is 25.5. The Bertz CT molecular complexity index is 762. The highest BCUT2D eigenvalue weighted by atomic mass is 16.7. The van der Waals surface area contributed by atoms with Crippen LogP contribution in [0.3, 0.4) is 0 Å². The molecule has 2 rings (SSSR count). The van der Waals surface area contributed by atoms with Crippen LogP contribution in [-0.4, -0.2) is 61.2 Å². The lowest BCUT2D eigenvalue weighted by Gasteiger charge is -2.43. The van der Waals surface area contributed by atoms with E-state index in [1.54, 1.807) is 30.3 Å². The quantitative estimate of drug-likeness (QED) is 0.465. The van der Waals surface area contributed by atoms with Crippen LogP contribution in [0, 0.1) is 0 Å². The number of hydrogen-bond donors (Lipinski definition) is 0. The van der Waals surface area contributed by atoms with E-state index in [9.17, 15) is 19.2 Å². The van der Waals surface area contributed by atoms with E-state index in [4.69, 9.17) is 28.4 Å². The van der Waals surface area contributed by atoms with Crippen LogP contribution in [0.2, 0.25) is 0 Å². The zero-order chi connectivity index (χ0) is 22.3. The minimum atomic E-state index is -1.27. The largest absolute Gasteiger partial charge is 0.463 e. The molecule has 0 aliphatic carbocycles. The number of ether oxygens (including phenoxy) is 6. The van der Waals surface area contributed by atoms with Crippen LogP contribution in [0.15, 0.2) is 30.3 Å². The molecular weight excluding hydrogens is 400 g/mol. The van der Waals surface area contributed by atoms with Crippen molar-refractivity contribution in [1.82, 2.24) is 0 Å². The summed E-state index contributed by atoms with van der Waals surface area (Å²) in [5.74, 6) is -2.30. The first-order valence-electron chi connectivity index (χ1n) is 9.19. The molecular formula is C20H24O10. The lowest BCUT2D eigenvalue weighted by molar-refractivity contribution is -0.288. The van der Waals surface area contributed by atoms with E-state index in [0.717, 1.165) is 20.8 Å². The Balaban J connectivity index is 2.42. The maximum absolute atomic E-state index is 11.7. The van der Waals surface area contributed by atoms with Gasteiger partial charge in [-0.2, -0.15) is 0 Å². The van der Waals surface area contributed by atoms with Gasteiger partial charge in [0, 0.05) is 27.7 Å². The van der Waals surface area contributed by atoms with E-state index >= 15 is 0 Å². The Labute approximate surface area is 173 Å². The van der Waals surface area contributed by atoms with Crippen LogP contribution in [0.4, 0.5) is 0 Å². The van der Waals surface area contributed by atoms with E-state index < -0.39 is 54.6 Å². The topological polar surface area (TPSA) is 124 Å². The monoisotopic (exact) mass is 424 g/mol. The third-order valence-electron chi connectivity index (χ3n) is 3.94. The lowest BCUT2D eigenvalue weighted by Crippen LogP contribution is -2.63. The molecule has 0 N–H and O–H groups in total. The van der Waals surface area contributed by atoms with Crippen LogP contribution in [-0.2, 0) is 42.9 Å². The number of carbonyl (C=O) groups is 4. The zero-order valence-corrected chi connectivity index (χ0v) is 17.1. The molecule has 1 aromatic rings.